The summed E-state index contributed by atoms with van der Waals surface area (Å²) in [6.45, 7) is 16.9. The molecule has 0 N–H and O–H groups in total. The number of unbranched alkanes of at least 4 members (excludes halogenated alkanes) is 13. The van der Waals surface area contributed by atoms with Gasteiger partial charge in [0.15, 0.2) is 0 Å². The van der Waals surface area contributed by atoms with Crippen LogP contribution in [0.2, 0.25) is 0 Å². The highest BCUT2D eigenvalue weighted by Crippen LogP contribution is 2.67. The Hall–Kier alpha value is -2.72. The molecule has 3 aromatic rings. The third-order valence-electron chi connectivity index (χ3n) is 18.7. The van der Waals surface area contributed by atoms with Crippen LogP contribution in [0.15, 0.2) is 103 Å². The SMILES string of the molecule is CCCCCCCCCCCCCCCCOC(CO[C@H]1CC[C@@]2(C)C(=CC[C@H]3[C@@H]4CC[C@H]([C@H](C)CCCC(C)C)[C@@]4(C)CC[C@@H]32)C1)COC(c1ccccc1)(c1ccccc1)c1ccccc1. The maximum absolute atomic E-state index is 7.40. The summed E-state index contributed by atoms with van der Waals surface area (Å²) < 4.78 is 21.3. The van der Waals surface area contributed by atoms with Gasteiger partial charge in [0.25, 0.3) is 0 Å². The smallest absolute Gasteiger partial charge is 0.143 e. The molecule has 0 spiro atoms. The Morgan fingerprint density at radius 1 is 0.588 bits per heavy atom. The van der Waals surface area contributed by atoms with E-state index in [0.29, 0.717) is 24.0 Å². The van der Waals surface area contributed by atoms with Crippen LogP contribution in [0.25, 0.3) is 0 Å². The van der Waals surface area contributed by atoms with Crippen molar-refractivity contribution in [1.29, 1.82) is 0 Å². The maximum atomic E-state index is 7.40. The van der Waals surface area contributed by atoms with E-state index in [9.17, 15) is 0 Å². The second-order valence-corrected chi connectivity index (χ2v) is 23.7. The quantitative estimate of drug-likeness (QED) is 0.0379. The molecule has 0 radical (unpaired) electrons. The molecule has 1 unspecified atom stereocenters. The Balaban J connectivity index is 0.974. The first kappa shape index (κ1) is 53.1. The molecule has 3 nitrogen and oxygen atoms in total. The monoisotopic (exact) mass is 927 g/mol. The molecule has 9 atom stereocenters. The number of hydrogen-bond donors (Lipinski definition) is 0. The van der Waals surface area contributed by atoms with E-state index in [-0.39, 0.29) is 12.2 Å². The first-order valence-corrected chi connectivity index (χ1v) is 28.9. The molecule has 0 aromatic heterocycles. The first-order valence-electron chi connectivity index (χ1n) is 28.9. The lowest BCUT2D eigenvalue weighted by molar-refractivity contribution is -0.111. The van der Waals surface area contributed by atoms with Gasteiger partial charge in [0.05, 0.1) is 19.3 Å². The van der Waals surface area contributed by atoms with Crippen molar-refractivity contribution < 1.29 is 14.2 Å². The molecule has 376 valence electrons. The van der Waals surface area contributed by atoms with E-state index in [4.69, 9.17) is 14.2 Å². The summed E-state index contributed by atoms with van der Waals surface area (Å²) in [6.07, 6.45) is 36.6. The van der Waals surface area contributed by atoms with E-state index >= 15 is 0 Å². The summed E-state index contributed by atoms with van der Waals surface area (Å²) in [7, 11) is 0. The average Bonchev–Trinajstić information content (AvgIpc) is 3.72. The summed E-state index contributed by atoms with van der Waals surface area (Å²) in [5.74, 6) is 5.18. The van der Waals surface area contributed by atoms with Crippen LogP contribution < -0.4 is 0 Å². The third kappa shape index (κ3) is 13.4. The molecule has 0 aliphatic heterocycles. The highest BCUT2D eigenvalue weighted by atomic mass is 16.6. The largest absolute Gasteiger partial charge is 0.375 e. The summed E-state index contributed by atoms with van der Waals surface area (Å²) in [5, 5.41) is 0. The van der Waals surface area contributed by atoms with Gasteiger partial charge in [-0.1, -0.05) is 247 Å². The molecule has 0 saturated heterocycles. The number of rotatable bonds is 30. The van der Waals surface area contributed by atoms with Crippen LogP contribution in [0.3, 0.4) is 0 Å². The minimum atomic E-state index is -0.780. The van der Waals surface area contributed by atoms with Crippen molar-refractivity contribution in [3.8, 4) is 0 Å². The minimum absolute atomic E-state index is 0.162. The van der Waals surface area contributed by atoms with Gasteiger partial charge >= 0.3 is 0 Å². The van der Waals surface area contributed by atoms with Crippen molar-refractivity contribution in [3.63, 3.8) is 0 Å². The predicted molar refractivity (Wildman–Crippen MR) is 288 cm³/mol. The van der Waals surface area contributed by atoms with E-state index in [1.54, 1.807) is 5.57 Å². The Morgan fingerprint density at radius 3 is 1.71 bits per heavy atom. The van der Waals surface area contributed by atoms with Gasteiger partial charge in [-0.3, -0.25) is 0 Å². The molecule has 0 amide bonds. The van der Waals surface area contributed by atoms with E-state index < -0.39 is 5.60 Å². The zero-order valence-electron chi connectivity index (χ0n) is 44.4. The van der Waals surface area contributed by atoms with Crippen LogP contribution in [0.5, 0.6) is 0 Å². The van der Waals surface area contributed by atoms with Crippen LogP contribution in [-0.4, -0.2) is 32.0 Å². The zero-order chi connectivity index (χ0) is 47.7. The van der Waals surface area contributed by atoms with E-state index in [0.717, 1.165) is 78.1 Å². The molecular formula is C65H98O3. The second kappa shape index (κ2) is 26.6. The molecule has 4 aliphatic carbocycles. The van der Waals surface area contributed by atoms with Gasteiger partial charge in [0.2, 0.25) is 0 Å². The van der Waals surface area contributed by atoms with E-state index in [2.05, 4.69) is 139 Å². The summed E-state index contributed by atoms with van der Waals surface area (Å²) in [5.41, 5.74) is 5.17. The van der Waals surface area contributed by atoms with E-state index in [1.807, 2.05) is 0 Å². The zero-order valence-corrected chi connectivity index (χ0v) is 44.4. The van der Waals surface area contributed by atoms with Crippen LogP contribution in [0.4, 0.5) is 0 Å². The topological polar surface area (TPSA) is 27.7 Å². The highest BCUT2D eigenvalue weighted by Gasteiger charge is 2.59. The molecule has 68 heavy (non-hydrogen) atoms. The fourth-order valence-corrected chi connectivity index (χ4v) is 14.7. The third-order valence-corrected chi connectivity index (χ3v) is 18.7. The number of ether oxygens (including phenoxy) is 3. The molecule has 3 aromatic carbocycles. The predicted octanol–water partition coefficient (Wildman–Crippen LogP) is 18.3. The van der Waals surface area contributed by atoms with Crippen molar-refractivity contribution in [2.45, 2.75) is 220 Å². The van der Waals surface area contributed by atoms with Crippen molar-refractivity contribution in [1.82, 2.24) is 0 Å². The molecular weight excluding hydrogens is 829 g/mol. The Bertz CT molecular complexity index is 1770. The molecule has 0 bridgehead atoms. The Morgan fingerprint density at radius 2 is 1.15 bits per heavy atom. The summed E-state index contributed by atoms with van der Waals surface area (Å²) in [6, 6.07) is 32.4. The van der Waals surface area contributed by atoms with Crippen molar-refractivity contribution in [3.05, 3.63) is 119 Å². The number of benzene rings is 3. The molecule has 3 heteroatoms. The molecule has 0 heterocycles. The molecule has 4 aliphatic rings. The lowest BCUT2D eigenvalue weighted by atomic mass is 9.47. The molecule has 7 rings (SSSR count). The van der Waals surface area contributed by atoms with Gasteiger partial charge in [-0.05, 0) is 121 Å². The van der Waals surface area contributed by atoms with Crippen molar-refractivity contribution in [2.75, 3.05) is 19.8 Å². The number of hydrogen-bond acceptors (Lipinski definition) is 3. The highest BCUT2D eigenvalue weighted by molar-refractivity contribution is 5.47. The van der Waals surface area contributed by atoms with Gasteiger partial charge in [-0.2, -0.15) is 0 Å². The Labute approximate surface area is 417 Å². The van der Waals surface area contributed by atoms with Crippen molar-refractivity contribution >= 4 is 0 Å². The standard InChI is InChI=1S/C65H98O3/c1-7-8-9-10-11-12-13-14-15-16-17-18-19-29-47-66-58(50-68-65(53-33-23-20-24-34-53,54-35-25-21-26-36-54)55-37-27-22-28-38-55)49-67-57-43-45-63(5)56(48-57)39-40-59-61-42-41-60(52(4)32-30-31-51(2)3)64(61,6)46-44-62(59)63/h20-28,33-39,51-52,57-62H,7-19,29-32,40-50H2,1-6H3/t52-,57+,58?,59+,60-,61+,62+,63+,64-/m1/s1. The van der Waals surface area contributed by atoms with Gasteiger partial charge in [0, 0.05) is 6.61 Å². The van der Waals surface area contributed by atoms with Crippen LogP contribution in [0.1, 0.15) is 219 Å². The average molecular weight is 927 g/mol. The van der Waals surface area contributed by atoms with Gasteiger partial charge in [0.1, 0.15) is 11.7 Å². The summed E-state index contributed by atoms with van der Waals surface area (Å²) >= 11 is 0. The first-order chi connectivity index (χ1) is 33.2. The van der Waals surface area contributed by atoms with Gasteiger partial charge < -0.3 is 14.2 Å². The minimum Gasteiger partial charge on any atom is -0.375 e. The van der Waals surface area contributed by atoms with E-state index in [1.165, 1.54) is 141 Å². The van der Waals surface area contributed by atoms with Crippen molar-refractivity contribution in [2.24, 2.45) is 46.3 Å². The number of allylic oxidation sites excluding steroid dienone is 1. The van der Waals surface area contributed by atoms with Crippen LogP contribution in [0, 0.1) is 46.3 Å². The normalized spacial score (nSPS) is 26.8. The van der Waals surface area contributed by atoms with Crippen LogP contribution in [-0.2, 0) is 19.8 Å². The lowest BCUT2D eigenvalue weighted by Crippen LogP contribution is -2.51. The fraction of sp³-hybridized carbons (Fsp3) is 0.692. The Kier molecular flexibility index (Phi) is 20.8. The summed E-state index contributed by atoms with van der Waals surface area (Å²) in [4.78, 5) is 0. The lowest BCUT2D eigenvalue weighted by Gasteiger charge is -2.58. The van der Waals surface area contributed by atoms with Gasteiger partial charge in [-0.15, -0.1) is 0 Å². The second-order valence-electron chi connectivity index (χ2n) is 23.7. The molecule has 3 fully saturated rings. The maximum Gasteiger partial charge on any atom is 0.143 e. The van der Waals surface area contributed by atoms with Crippen LogP contribution >= 0.6 is 0 Å². The number of fused-ring (bicyclic) bond motifs is 5. The molecule has 3 saturated carbocycles. The van der Waals surface area contributed by atoms with Gasteiger partial charge in [-0.25, -0.2) is 0 Å². The fourth-order valence-electron chi connectivity index (χ4n) is 14.7.